The second-order valence-electron chi connectivity index (χ2n) is 2.47. The lowest BCUT2D eigenvalue weighted by atomic mass is 10.2. The van der Waals surface area contributed by atoms with Crippen LogP contribution in [0.3, 0.4) is 0 Å². The Hall–Kier alpha value is -0.800. The number of rotatable bonds is 3. The van der Waals surface area contributed by atoms with E-state index < -0.39 is 0 Å². The first kappa shape index (κ1) is 10.3. The van der Waals surface area contributed by atoms with Crippen LogP contribution >= 0.6 is 15.9 Å². The average molecular weight is 243 g/mol. The highest BCUT2D eigenvalue weighted by molar-refractivity contribution is 9.10. The highest BCUT2D eigenvalue weighted by atomic mass is 79.9. The third kappa shape index (κ3) is 2.86. The quantitative estimate of drug-likeness (QED) is 0.883. The Labute approximate surface area is 86.0 Å². The lowest BCUT2D eigenvalue weighted by Gasteiger charge is -2.02. The zero-order chi connectivity index (χ0) is 9.68. The van der Waals surface area contributed by atoms with Gasteiger partial charge in [-0.05, 0) is 23.8 Å². The molecule has 0 saturated heterocycles. The zero-order valence-electron chi connectivity index (χ0n) is 7.33. The zero-order valence-corrected chi connectivity index (χ0v) is 8.91. The smallest absolute Gasteiger partial charge is 0.119 e. The van der Waals surface area contributed by atoms with Crippen LogP contribution in [-0.2, 0) is 0 Å². The van der Waals surface area contributed by atoms with E-state index in [0.717, 1.165) is 15.8 Å². The number of ether oxygens (including phenoxy) is 1. The van der Waals surface area contributed by atoms with Crippen LogP contribution < -0.4 is 4.74 Å². The molecule has 70 valence electrons. The maximum Gasteiger partial charge on any atom is 0.119 e. The van der Waals surface area contributed by atoms with Gasteiger partial charge in [-0.1, -0.05) is 28.1 Å². The fraction of sp³-hybridized carbons (Fsp3) is 0.200. The molecule has 0 unspecified atom stereocenters. The second-order valence-corrected chi connectivity index (χ2v) is 3.33. The molecule has 2 nitrogen and oxygen atoms in total. The van der Waals surface area contributed by atoms with E-state index in [-0.39, 0.29) is 6.61 Å². The molecule has 0 aliphatic rings. The van der Waals surface area contributed by atoms with Gasteiger partial charge in [0.15, 0.2) is 0 Å². The Balaban J connectivity index is 2.97. The molecule has 1 aromatic carbocycles. The maximum absolute atomic E-state index is 8.61. The van der Waals surface area contributed by atoms with Gasteiger partial charge in [-0.15, -0.1) is 0 Å². The molecule has 13 heavy (non-hydrogen) atoms. The van der Waals surface area contributed by atoms with Crippen molar-refractivity contribution < 1.29 is 9.84 Å². The van der Waals surface area contributed by atoms with Gasteiger partial charge in [-0.2, -0.15) is 0 Å². The minimum Gasteiger partial charge on any atom is -0.497 e. The van der Waals surface area contributed by atoms with E-state index in [4.69, 9.17) is 9.84 Å². The fourth-order valence-corrected chi connectivity index (χ4v) is 1.33. The van der Waals surface area contributed by atoms with Gasteiger partial charge in [0.2, 0.25) is 0 Å². The summed E-state index contributed by atoms with van der Waals surface area (Å²) in [7, 11) is 1.63. The minimum atomic E-state index is 0.0453. The molecular formula is C10H11BrO2. The third-order valence-electron chi connectivity index (χ3n) is 1.61. The normalized spacial score (nSPS) is 10.7. The molecule has 0 aliphatic heterocycles. The molecule has 0 aliphatic carbocycles. The molecule has 0 fully saturated rings. The van der Waals surface area contributed by atoms with Crippen LogP contribution in [0.15, 0.2) is 28.7 Å². The standard InChI is InChI=1S/C10H11BrO2/c1-13-9-4-5-10(11)8(7-9)3-2-6-12/h2-5,7,12H,6H2,1H3/b3-2+. The molecule has 1 rings (SSSR count). The summed E-state index contributed by atoms with van der Waals surface area (Å²) in [6, 6.07) is 5.69. The van der Waals surface area contributed by atoms with Crippen LogP contribution in [0.2, 0.25) is 0 Å². The topological polar surface area (TPSA) is 29.5 Å². The number of benzene rings is 1. The van der Waals surface area contributed by atoms with Gasteiger partial charge in [-0.25, -0.2) is 0 Å². The number of aliphatic hydroxyl groups excluding tert-OH is 1. The van der Waals surface area contributed by atoms with Crippen molar-refractivity contribution in [3.8, 4) is 5.75 Å². The summed E-state index contributed by atoms with van der Waals surface area (Å²) in [5.41, 5.74) is 0.994. The van der Waals surface area contributed by atoms with Gasteiger partial charge in [0.1, 0.15) is 5.75 Å². The summed E-state index contributed by atoms with van der Waals surface area (Å²) >= 11 is 3.40. The Morgan fingerprint density at radius 1 is 1.54 bits per heavy atom. The van der Waals surface area contributed by atoms with Crippen LogP contribution in [0, 0.1) is 0 Å². The highest BCUT2D eigenvalue weighted by Crippen LogP contribution is 2.23. The van der Waals surface area contributed by atoms with E-state index in [1.807, 2.05) is 24.3 Å². The summed E-state index contributed by atoms with van der Waals surface area (Å²) in [5.74, 6) is 0.806. The first-order valence-corrected chi connectivity index (χ1v) is 4.68. The van der Waals surface area contributed by atoms with Crippen LogP contribution in [0.5, 0.6) is 5.75 Å². The van der Waals surface area contributed by atoms with E-state index in [2.05, 4.69) is 15.9 Å². The molecule has 0 radical (unpaired) electrons. The van der Waals surface area contributed by atoms with Gasteiger partial charge < -0.3 is 9.84 Å². The summed E-state index contributed by atoms with van der Waals surface area (Å²) in [4.78, 5) is 0. The number of hydrogen-bond donors (Lipinski definition) is 1. The number of aliphatic hydroxyl groups is 1. The van der Waals surface area contributed by atoms with E-state index in [1.54, 1.807) is 13.2 Å². The van der Waals surface area contributed by atoms with Crippen molar-refractivity contribution in [2.45, 2.75) is 0 Å². The predicted octanol–water partition coefficient (Wildman–Crippen LogP) is 2.46. The fourth-order valence-electron chi connectivity index (χ4n) is 0.956. The van der Waals surface area contributed by atoms with E-state index in [0.29, 0.717) is 0 Å². The SMILES string of the molecule is COc1ccc(Br)c(/C=C/CO)c1. The van der Waals surface area contributed by atoms with Crippen molar-refractivity contribution in [2.75, 3.05) is 13.7 Å². The minimum absolute atomic E-state index is 0.0453. The molecule has 0 heterocycles. The molecule has 0 spiro atoms. The van der Waals surface area contributed by atoms with Gasteiger partial charge in [0.05, 0.1) is 13.7 Å². The third-order valence-corrected chi connectivity index (χ3v) is 2.33. The number of halogens is 1. The van der Waals surface area contributed by atoms with Gasteiger partial charge in [-0.3, -0.25) is 0 Å². The molecule has 0 aromatic heterocycles. The van der Waals surface area contributed by atoms with E-state index in [1.165, 1.54) is 0 Å². The molecule has 0 bridgehead atoms. The van der Waals surface area contributed by atoms with E-state index in [9.17, 15) is 0 Å². The summed E-state index contributed by atoms with van der Waals surface area (Å²) in [6.07, 6.45) is 3.52. The lowest BCUT2D eigenvalue weighted by Crippen LogP contribution is -1.84. The molecule has 0 saturated carbocycles. The number of methoxy groups -OCH3 is 1. The van der Waals surface area contributed by atoms with Crippen molar-refractivity contribution in [1.82, 2.24) is 0 Å². The van der Waals surface area contributed by atoms with Gasteiger partial charge in [0.25, 0.3) is 0 Å². The van der Waals surface area contributed by atoms with Crippen molar-refractivity contribution >= 4 is 22.0 Å². The maximum atomic E-state index is 8.61. The summed E-state index contributed by atoms with van der Waals surface area (Å²) < 4.78 is 6.06. The molecule has 1 N–H and O–H groups in total. The molecule has 0 amide bonds. The second kappa shape index (κ2) is 5.04. The molecule has 0 atom stereocenters. The van der Waals surface area contributed by atoms with Crippen molar-refractivity contribution in [1.29, 1.82) is 0 Å². The first-order valence-electron chi connectivity index (χ1n) is 3.89. The van der Waals surface area contributed by atoms with Crippen molar-refractivity contribution in [2.24, 2.45) is 0 Å². The summed E-state index contributed by atoms with van der Waals surface area (Å²) in [5, 5.41) is 8.61. The Kier molecular flexibility index (Phi) is 3.99. The van der Waals surface area contributed by atoms with Crippen LogP contribution in [-0.4, -0.2) is 18.8 Å². The summed E-state index contributed by atoms with van der Waals surface area (Å²) in [6.45, 7) is 0.0453. The Morgan fingerprint density at radius 2 is 2.31 bits per heavy atom. The average Bonchev–Trinajstić information content (AvgIpc) is 2.17. The van der Waals surface area contributed by atoms with Crippen molar-refractivity contribution in [3.63, 3.8) is 0 Å². The highest BCUT2D eigenvalue weighted by Gasteiger charge is 1.97. The Bertz CT molecular complexity index is 308. The lowest BCUT2D eigenvalue weighted by molar-refractivity contribution is 0.343. The van der Waals surface area contributed by atoms with Gasteiger partial charge >= 0.3 is 0 Å². The molecule has 1 aromatic rings. The number of hydrogen-bond acceptors (Lipinski definition) is 2. The van der Waals surface area contributed by atoms with Gasteiger partial charge in [0, 0.05) is 4.47 Å². The van der Waals surface area contributed by atoms with Crippen LogP contribution in [0.1, 0.15) is 5.56 Å². The first-order chi connectivity index (χ1) is 6.27. The Morgan fingerprint density at radius 3 is 2.92 bits per heavy atom. The molecular weight excluding hydrogens is 232 g/mol. The van der Waals surface area contributed by atoms with Crippen molar-refractivity contribution in [3.05, 3.63) is 34.3 Å². The monoisotopic (exact) mass is 242 g/mol. The van der Waals surface area contributed by atoms with Crippen LogP contribution in [0.25, 0.3) is 6.08 Å². The van der Waals surface area contributed by atoms with E-state index >= 15 is 0 Å². The van der Waals surface area contributed by atoms with Crippen LogP contribution in [0.4, 0.5) is 0 Å². The predicted molar refractivity (Wildman–Crippen MR) is 56.8 cm³/mol. The largest absolute Gasteiger partial charge is 0.497 e. The molecule has 3 heteroatoms.